The molecule has 0 saturated carbocycles. The van der Waals surface area contributed by atoms with Crippen molar-refractivity contribution in [2.24, 2.45) is 0 Å². The van der Waals surface area contributed by atoms with Crippen molar-refractivity contribution in [3.63, 3.8) is 0 Å². The van der Waals surface area contributed by atoms with E-state index in [0.717, 1.165) is 6.07 Å². The molecule has 0 fully saturated rings. The van der Waals surface area contributed by atoms with Crippen LogP contribution in [0.4, 0.5) is 23.4 Å². The van der Waals surface area contributed by atoms with Crippen molar-refractivity contribution in [1.82, 2.24) is 15.3 Å². The van der Waals surface area contributed by atoms with Gasteiger partial charge in [0.05, 0.1) is 0 Å². The Morgan fingerprint density at radius 1 is 1.14 bits per heavy atom. The molecule has 156 valence electrons. The van der Waals surface area contributed by atoms with E-state index < -0.39 is 30.4 Å². The highest BCUT2D eigenvalue weighted by atomic mass is 19.4. The fraction of sp³-hybridized carbons (Fsp3) is 0.333. The Labute approximate surface area is 163 Å². The third kappa shape index (κ3) is 6.70. The summed E-state index contributed by atoms with van der Waals surface area (Å²) in [6.45, 7) is 2.61. The van der Waals surface area contributed by atoms with Crippen LogP contribution in [0.15, 0.2) is 18.2 Å². The van der Waals surface area contributed by atoms with E-state index in [2.05, 4.69) is 25.3 Å². The fourth-order valence-electron chi connectivity index (χ4n) is 2.35. The minimum atomic E-state index is -4.62. The van der Waals surface area contributed by atoms with Gasteiger partial charge in [-0.2, -0.15) is 13.2 Å². The van der Waals surface area contributed by atoms with Crippen LogP contribution in [-0.4, -0.2) is 34.6 Å². The summed E-state index contributed by atoms with van der Waals surface area (Å²) < 4.78 is 54.9. The van der Waals surface area contributed by atoms with Crippen LogP contribution in [0.3, 0.4) is 0 Å². The Morgan fingerprint density at radius 2 is 1.83 bits per heavy atom. The number of halogens is 4. The van der Waals surface area contributed by atoms with Gasteiger partial charge in [-0.1, -0.05) is 0 Å². The number of amides is 2. The molecule has 0 aromatic carbocycles. The molecular formula is C18H18F4N4O3. The van der Waals surface area contributed by atoms with Gasteiger partial charge in [0.25, 0.3) is 11.8 Å². The molecule has 2 aromatic heterocycles. The molecule has 0 radical (unpaired) electrons. The van der Waals surface area contributed by atoms with Crippen LogP contribution in [0.2, 0.25) is 0 Å². The number of pyridine rings is 2. The number of nitrogens with one attached hydrogen (secondary N) is 2. The Morgan fingerprint density at radius 3 is 2.45 bits per heavy atom. The Hall–Kier alpha value is -3.24. The number of aromatic nitrogens is 2. The highest BCUT2D eigenvalue weighted by Gasteiger charge is 2.29. The number of rotatable bonds is 6. The van der Waals surface area contributed by atoms with E-state index in [1.54, 1.807) is 6.92 Å². The first-order chi connectivity index (χ1) is 13.4. The molecular weight excluding hydrogens is 396 g/mol. The first-order valence-electron chi connectivity index (χ1n) is 8.34. The van der Waals surface area contributed by atoms with Crippen LogP contribution < -0.4 is 15.4 Å². The van der Waals surface area contributed by atoms with Gasteiger partial charge in [-0.3, -0.25) is 9.59 Å². The summed E-state index contributed by atoms with van der Waals surface area (Å²) in [6.07, 6.45) is -4.62. The zero-order valence-corrected chi connectivity index (χ0v) is 15.8. The summed E-state index contributed by atoms with van der Waals surface area (Å²) in [5, 5.41) is 5.04. The molecule has 0 spiro atoms. The van der Waals surface area contributed by atoms with E-state index in [4.69, 9.17) is 0 Å². The van der Waals surface area contributed by atoms with Crippen LogP contribution in [0.5, 0.6) is 5.88 Å². The minimum absolute atomic E-state index is 0.120. The van der Waals surface area contributed by atoms with Gasteiger partial charge in [-0.25, -0.2) is 14.4 Å². The number of carbonyl (C=O) groups excluding carboxylic acids is 2. The molecule has 0 atom stereocenters. The summed E-state index contributed by atoms with van der Waals surface area (Å²) in [7, 11) is 0. The van der Waals surface area contributed by atoms with Crippen molar-refractivity contribution >= 4 is 17.6 Å². The highest BCUT2D eigenvalue weighted by molar-refractivity contribution is 5.96. The molecule has 2 N–H and O–H groups in total. The van der Waals surface area contributed by atoms with Crippen molar-refractivity contribution in [2.45, 2.75) is 33.5 Å². The Kier molecular flexibility index (Phi) is 6.72. The van der Waals surface area contributed by atoms with Gasteiger partial charge in [-0.15, -0.1) is 0 Å². The molecule has 0 unspecified atom stereocenters. The molecule has 0 aliphatic carbocycles. The second kappa shape index (κ2) is 8.84. The van der Waals surface area contributed by atoms with Crippen LogP contribution in [0, 0.1) is 19.7 Å². The maximum atomic E-state index is 14.0. The third-order valence-electron chi connectivity index (χ3n) is 3.57. The van der Waals surface area contributed by atoms with Crippen molar-refractivity contribution in [1.29, 1.82) is 0 Å². The number of aryl methyl sites for hydroxylation is 2. The lowest BCUT2D eigenvalue weighted by Crippen LogP contribution is -2.24. The molecule has 11 heteroatoms. The zero-order valence-electron chi connectivity index (χ0n) is 15.8. The Balaban J connectivity index is 2.09. The van der Waals surface area contributed by atoms with E-state index in [1.807, 2.05) is 0 Å². The monoisotopic (exact) mass is 414 g/mol. The molecule has 2 aromatic rings. The molecule has 0 aliphatic heterocycles. The third-order valence-corrected chi connectivity index (χ3v) is 3.57. The maximum absolute atomic E-state index is 14.0. The molecule has 29 heavy (non-hydrogen) atoms. The van der Waals surface area contributed by atoms with Crippen molar-refractivity contribution in [2.75, 3.05) is 11.9 Å². The van der Waals surface area contributed by atoms with Crippen LogP contribution >= 0.6 is 0 Å². The second-order valence-corrected chi connectivity index (χ2v) is 6.17. The second-order valence-electron chi connectivity index (χ2n) is 6.17. The van der Waals surface area contributed by atoms with Gasteiger partial charge < -0.3 is 15.4 Å². The highest BCUT2D eigenvalue weighted by Crippen LogP contribution is 2.22. The smallest absolute Gasteiger partial charge is 0.422 e. The SMILES string of the molecule is CC(=O)Nc1cc(C(=O)NCc2cc(F)c(OCC(F)(F)F)nc2C)cc(C)n1. The molecule has 0 aliphatic rings. The summed E-state index contributed by atoms with van der Waals surface area (Å²) in [5.41, 5.74) is 1.19. The number of carbonyl (C=O) groups is 2. The topological polar surface area (TPSA) is 93.2 Å². The van der Waals surface area contributed by atoms with Crippen molar-refractivity contribution < 1.29 is 31.9 Å². The number of alkyl halides is 3. The number of nitrogens with zero attached hydrogens (tertiary/aromatic N) is 2. The van der Waals surface area contributed by atoms with E-state index >= 15 is 0 Å². The number of hydrogen-bond acceptors (Lipinski definition) is 5. The average Bonchev–Trinajstić information content (AvgIpc) is 2.58. The lowest BCUT2D eigenvalue weighted by Gasteiger charge is -2.13. The van der Waals surface area contributed by atoms with Gasteiger partial charge in [0.2, 0.25) is 5.91 Å². The summed E-state index contributed by atoms with van der Waals surface area (Å²) in [4.78, 5) is 31.3. The van der Waals surface area contributed by atoms with Gasteiger partial charge in [0, 0.05) is 30.4 Å². The number of anilines is 1. The fourth-order valence-corrected chi connectivity index (χ4v) is 2.35. The van der Waals surface area contributed by atoms with Crippen LogP contribution in [0.25, 0.3) is 0 Å². The molecule has 7 nitrogen and oxygen atoms in total. The van der Waals surface area contributed by atoms with Crippen LogP contribution in [0.1, 0.15) is 34.2 Å². The number of hydrogen-bond donors (Lipinski definition) is 2. The molecule has 2 heterocycles. The molecule has 2 amide bonds. The van der Waals surface area contributed by atoms with E-state index in [0.29, 0.717) is 5.69 Å². The maximum Gasteiger partial charge on any atom is 0.422 e. The van der Waals surface area contributed by atoms with Gasteiger partial charge in [0.15, 0.2) is 12.4 Å². The predicted octanol–water partition coefficient (Wildman–Crippen LogP) is 3.06. The quantitative estimate of drug-likeness (QED) is 0.709. The first kappa shape index (κ1) is 22.1. The average molecular weight is 414 g/mol. The van der Waals surface area contributed by atoms with E-state index in [-0.39, 0.29) is 35.1 Å². The first-order valence-corrected chi connectivity index (χ1v) is 8.34. The summed E-state index contributed by atoms with van der Waals surface area (Å²) >= 11 is 0. The van der Waals surface area contributed by atoms with Crippen LogP contribution in [-0.2, 0) is 11.3 Å². The standard InChI is InChI=1S/C18H18F4N4O3/c1-9-4-12(6-15(24-9)26-11(3)27)16(28)23-7-13-5-14(19)17(25-10(13)2)29-8-18(20,21)22/h4-6H,7-8H2,1-3H3,(H,23,28)(H,24,26,27). The normalized spacial score (nSPS) is 11.1. The number of ether oxygens (including phenoxy) is 1. The Bertz CT molecular complexity index is 932. The lowest BCUT2D eigenvalue weighted by atomic mass is 10.1. The van der Waals surface area contributed by atoms with Gasteiger partial charge in [0.1, 0.15) is 5.82 Å². The predicted molar refractivity (Wildman–Crippen MR) is 94.9 cm³/mol. The molecule has 2 rings (SSSR count). The minimum Gasteiger partial charge on any atom is -0.466 e. The van der Waals surface area contributed by atoms with Crippen molar-refractivity contribution in [3.8, 4) is 5.88 Å². The van der Waals surface area contributed by atoms with E-state index in [1.165, 1.54) is 26.0 Å². The summed E-state index contributed by atoms with van der Waals surface area (Å²) in [6, 6.07) is 3.83. The molecule has 0 saturated heterocycles. The zero-order chi connectivity index (χ0) is 21.8. The van der Waals surface area contributed by atoms with Gasteiger partial charge >= 0.3 is 6.18 Å². The van der Waals surface area contributed by atoms with Crippen molar-refractivity contribution in [3.05, 3.63) is 46.5 Å². The van der Waals surface area contributed by atoms with E-state index in [9.17, 15) is 27.2 Å². The largest absolute Gasteiger partial charge is 0.466 e. The lowest BCUT2D eigenvalue weighted by molar-refractivity contribution is -0.154. The molecule has 0 bridgehead atoms. The van der Waals surface area contributed by atoms with Gasteiger partial charge in [-0.05, 0) is 37.6 Å². The summed E-state index contributed by atoms with van der Waals surface area (Å²) in [5.74, 6) is -2.49.